The highest BCUT2D eigenvalue weighted by Gasteiger charge is 2.02. The number of carboxylic acid groups (broad SMARTS) is 1. The van der Waals surface area contributed by atoms with Crippen molar-refractivity contribution in [1.29, 1.82) is 0 Å². The second-order valence-electron chi connectivity index (χ2n) is 13.0. The normalized spacial score (nSPS) is 10.8. The average molecular weight is 670 g/mol. The van der Waals surface area contributed by atoms with E-state index < -0.39 is 5.97 Å². The highest BCUT2D eigenvalue weighted by Crippen LogP contribution is 2.13. The number of carbonyl (C=O) groups excluding carboxylic acids is 2. The zero-order chi connectivity index (χ0) is 34.9. The summed E-state index contributed by atoms with van der Waals surface area (Å²) in [5, 5.41) is 23.6. The molecule has 280 valence electrons. The van der Waals surface area contributed by atoms with Gasteiger partial charge in [-0.05, 0) is 12.8 Å². The molecule has 2 amide bonds. The minimum absolute atomic E-state index is 0.187. The molecule has 0 aromatic rings. The summed E-state index contributed by atoms with van der Waals surface area (Å²) in [7, 11) is 0. The van der Waals surface area contributed by atoms with E-state index in [9.17, 15) is 9.59 Å². The highest BCUT2D eigenvalue weighted by atomic mass is 16.4. The number of hydrogen-bond acceptors (Lipinski definition) is 6. The lowest BCUT2D eigenvalue weighted by molar-refractivity contribution is -0.134. The Hall–Kier alpha value is -1.71. The fraction of sp³-hybridized carbons (Fsp3) is 0.921. The predicted octanol–water partition coefficient (Wildman–Crippen LogP) is 7.48. The van der Waals surface area contributed by atoms with Crippen molar-refractivity contribution in [3.05, 3.63) is 0 Å². The van der Waals surface area contributed by atoms with E-state index in [-0.39, 0.29) is 11.8 Å². The Kier molecular flexibility index (Phi) is 42.7. The van der Waals surface area contributed by atoms with Gasteiger partial charge >= 0.3 is 0 Å². The number of hydrogen-bond donors (Lipinski definition) is 6. The van der Waals surface area contributed by atoms with Gasteiger partial charge in [0.2, 0.25) is 11.8 Å². The van der Waals surface area contributed by atoms with Crippen LogP contribution in [0.15, 0.2) is 0 Å². The van der Waals surface area contributed by atoms with Crippen molar-refractivity contribution in [2.75, 3.05) is 52.4 Å². The van der Waals surface area contributed by atoms with Gasteiger partial charge in [0.25, 0.3) is 5.97 Å². The van der Waals surface area contributed by atoms with E-state index in [1.807, 2.05) is 0 Å². The lowest BCUT2D eigenvalue weighted by Gasteiger charge is -2.09. The molecule has 0 heterocycles. The third-order valence-electron chi connectivity index (χ3n) is 8.22. The highest BCUT2D eigenvalue weighted by molar-refractivity contribution is 5.76. The van der Waals surface area contributed by atoms with Crippen LogP contribution in [-0.2, 0) is 14.4 Å². The van der Waals surface area contributed by atoms with Crippen molar-refractivity contribution < 1.29 is 19.5 Å². The first kappa shape index (κ1) is 47.4. The van der Waals surface area contributed by atoms with Gasteiger partial charge in [0.05, 0.1) is 0 Å². The molecule has 0 aliphatic heterocycles. The van der Waals surface area contributed by atoms with Crippen LogP contribution in [0.25, 0.3) is 0 Å². The van der Waals surface area contributed by atoms with Crippen LogP contribution in [0.2, 0.25) is 0 Å². The van der Waals surface area contributed by atoms with Gasteiger partial charge in [-0.15, -0.1) is 0 Å². The minimum atomic E-state index is -0.833. The Bertz CT molecular complexity index is 614. The van der Waals surface area contributed by atoms with Crippen molar-refractivity contribution in [1.82, 2.24) is 26.6 Å². The summed E-state index contributed by atoms with van der Waals surface area (Å²) in [5.74, 6) is -0.459. The van der Waals surface area contributed by atoms with Crippen molar-refractivity contribution >= 4 is 17.8 Å². The van der Waals surface area contributed by atoms with E-state index in [4.69, 9.17) is 9.90 Å². The Morgan fingerprint density at radius 2 is 0.596 bits per heavy atom. The van der Waals surface area contributed by atoms with Gasteiger partial charge in [0, 0.05) is 72.1 Å². The lowest BCUT2D eigenvalue weighted by Crippen LogP contribution is -2.37. The standard InChI is InChI=1S/C36H75N5O2.C2H4O2/c1-3-5-7-9-11-13-15-17-19-21-23-25-35(42)40-33-31-38-29-27-37-28-30-39-32-34-41-36(43)26-24-22-20-18-16-14-12-10-8-6-4-2;1-2(3)4/h37-39H,3-34H2,1-2H3,(H,40,42)(H,41,43);1H3,(H,3,4). The number of amides is 2. The number of unbranched alkanes of at least 4 members (excludes halogenated alkanes) is 20. The van der Waals surface area contributed by atoms with Gasteiger partial charge < -0.3 is 31.7 Å². The van der Waals surface area contributed by atoms with Gasteiger partial charge in [0.15, 0.2) is 0 Å². The molecule has 0 saturated carbocycles. The SMILES string of the molecule is CC(=O)O.CCCCCCCCCCCCCC(=O)NCCNCCNCCNCCNC(=O)CCCCCCCCCCCCC. The molecule has 0 rings (SSSR count). The topological polar surface area (TPSA) is 132 Å². The third kappa shape index (κ3) is 48.8. The fourth-order valence-corrected chi connectivity index (χ4v) is 5.39. The molecule has 0 fully saturated rings. The number of carboxylic acids is 1. The zero-order valence-corrected chi connectivity index (χ0v) is 31.3. The van der Waals surface area contributed by atoms with Crippen LogP contribution in [0.4, 0.5) is 0 Å². The summed E-state index contributed by atoms with van der Waals surface area (Å²) in [6.07, 6.45) is 30.2. The maximum atomic E-state index is 12.0. The van der Waals surface area contributed by atoms with E-state index in [1.54, 1.807) is 0 Å². The smallest absolute Gasteiger partial charge is 0.300 e. The number of aliphatic carboxylic acids is 1. The van der Waals surface area contributed by atoms with Crippen LogP contribution >= 0.6 is 0 Å². The summed E-state index contributed by atoms with van der Waals surface area (Å²) in [5.41, 5.74) is 0. The van der Waals surface area contributed by atoms with Crippen LogP contribution in [0.5, 0.6) is 0 Å². The molecule has 0 aromatic heterocycles. The van der Waals surface area contributed by atoms with E-state index in [0.29, 0.717) is 25.9 Å². The fourth-order valence-electron chi connectivity index (χ4n) is 5.39. The van der Waals surface area contributed by atoms with Gasteiger partial charge in [-0.3, -0.25) is 14.4 Å². The molecule has 0 atom stereocenters. The maximum Gasteiger partial charge on any atom is 0.300 e. The Labute approximate surface area is 290 Å². The van der Waals surface area contributed by atoms with Gasteiger partial charge in [-0.2, -0.15) is 0 Å². The van der Waals surface area contributed by atoms with Crippen LogP contribution in [0.1, 0.15) is 175 Å². The first-order valence-corrected chi connectivity index (χ1v) is 19.8. The maximum absolute atomic E-state index is 12.0. The minimum Gasteiger partial charge on any atom is -0.481 e. The lowest BCUT2D eigenvalue weighted by atomic mass is 10.1. The van der Waals surface area contributed by atoms with Crippen LogP contribution in [0.3, 0.4) is 0 Å². The van der Waals surface area contributed by atoms with Gasteiger partial charge in [-0.1, -0.05) is 142 Å². The number of nitrogens with one attached hydrogen (secondary N) is 5. The number of rotatable bonds is 36. The summed E-state index contributed by atoms with van der Waals surface area (Å²) in [6, 6.07) is 0. The van der Waals surface area contributed by atoms with E-state index in [2.05, 4.69) is 40.4 Å². The van der Waals surface area contributed by atoms with Crippen molar-refractivity contribution in [2.24, 2.45) is 0 Å². The molecular formula is C38H79N5O4. The van der Waals surface area contributed by atoms with E-state index in [0.717, 1.165) is 59.0 Å². The van der Waals surface area contributed by atoms with E-state index in [1.165, 1.54) is 128 Å². The van der Waals surface area contributed by atoms with Gasteiger partial charge in [0.1, 0.15) is 0 Å². The zero-order valence-electron chi connectivity index (χ0n) is 31.3. The van der Waals surface area contributed by atoms with Crippen LogP contribution in [0, 0.1) is 0 Å². The first-order chi connectivity index (χ1) is 22.9. The van der Waals surface area contributed by atoms with Crippen LogP contribution < -0.4 is 26.6 Å². The summed E-state index contributed by atoms with van der Waals surface area (Å²) in [4.78, 5) is 32.9. The second kappa shape index (κ2) is 42.3. The number of carbonyl (C=O) groups is 3. The molecule has 0 unspecified atom stereocenters. The molecule has 0 aliphatic carbocycles. The largest absolute Gasteiger partial charge is 0.481 e. The monoisotopic (exact) mass is 670 g/mol. The van der Waals surface area contributed by atoms with Crippen molar-refractivity contribution in [3.63, 3.8) is 0 Å². The van der Waals surface area contributed by atoms with Crippen molar-refractivity contribution in [2.45, 2.75) is 175 Å². The molecule has 0 radical (unpaired) electrons. The van der Waals surface area contributed by atoms with Crippen molar-refractivity contribution in [3.8, 4) is 0 Å². The molecule has 6 N–H and O–H groups in total. The Morgan fingerprint density at radius 3 is 0.851 bits per heavy atom. The molecule has 0 aliphatic rings. The third-order valence-corrected chi connectivity index (χ3v) is 8.22. The Morgan fingerprint density at radius 1 is 0.383 bits per heavy atom. The molecular weight excluding hydrogens is 590 g/mol. The molecule has 9 heteroatoms. The molecule has 9 nitrogen and oxygen atoms in total. The van der Waals surface area contributed by atoms with E-state index >= 15 is 0 Å². The first-order valence-electron chi connectivity index (χ1n) is 19.8. The molecule has 0 bridgehead atoms. The summed E-state index contributed by atoms with van der Waals surface area (Å²) in [6.45, 7) is 12.2. The predicted molar refractivity (Wildman–Crippen MR) is 200 cm³/mol. The molecule has 0 spiro atoms. The molecule has 0 saturated heterocycles. The summed E-state index contributed by atoms with van der Waals surface area (Å²) >= 11 is 0. The van der Waals surface area contributed by atoms with Crippen LogP contribution in [-0.4, -0.2) is 75.2 Å². The molecule has 0 aromatic carbocycles. The Balaban J connectivity index is 0. The quantitative estimate of drug-likeness (QED) is 0.0381. The molecule has 47 heavy (non-hydrogen) atoms. The average Bonchev–Trinajstić information content (AvgIpc) is 3.04. The van der Waals surface area contributed by atoms with Gasteiger partial charge in [-0.25, -0.2) is 0 Å². The summed E-state index contributed by atoms with van der Waals surface area (Å²) < 4.78 is 0. The second-order valence-corrected chi connectivity index (χ2v) is 13.0.